The highest BCUT2D eigenvalue weighted by atomic mass is 31.2. The van der Waals surface area contributed by atoms with Gasteiger partial charge in [-0.25, -0.2) is 0 Å². The minimum absolute atomic E-state index is 0.408. The molecule has 0 aliphatic carbocycles. The van der Waals surface area contributed by atoms with Crippen LogP contribution in [0.25, 0.3) is 0 Å². The standard InChI is InChI=1S/C10H14NO4P/c1-7-3-8(2)5-9(4-7)10(12)11-6-16(13,14)15/h3-5H,6H2,1-2H3,(H,11,12)(H2,13,14,15). The molecule has 1 amide bonds. The quantitative estimate of drug-likeness (QED) is 0.695. The maximum Gasteiger partial charge on any atom is 0.344 e. The van der Waals surface area contributed by atoms with Gasteiger partial charge in [0, 0.05) is 5.56 Å². The summed E-state index contributed by atoms with van der Waals surface area (Å²) in [4.78, 5) is 28.8. The average molecular weight is 243 g/mol. The van der Waals surface area contributed by atoms with E-state index in [1.54, 1.807) is 12.1 Å². The molecule has 0 heterocycles. The van der Waals surface area contributed by atoms with Crippen LogP contribution in [-0.2, 0) is 4.57 Å². The molecule has 0 radical (unpaired) electrons. The highest BCUT2D eigenvalue weighted by Gasteiger charge is 2.15. The molecule has 6 heteroatoms. The minimum Gasteiger partial charge on any atom is -0.340 e. The molecule has 5 nitrogen and oxygen atoms in total. The lowest BCUT2D eigenvalue weighted by Crippen LogP contribution is -2.24. The fourth-order valence-electron chi connectivity index (χ4n) is 1.38. The van der Waals surface area contributed by atoms with Crippen molar-refractivity contribution >= 4 is 13.5 Å². The van der Waals surface area contributed by atoms with E-state index in [1.165, 1.54) is 0 Å². The fourth-order valence-corrected chi connectivity index (χ4v) is 1.73. The molecule has 0 unspecified atom stereocenters. The number of carbonyl (C=O) groups is 1. The van der Waals surface area contributed by atoms with Crippen LogP contribution in [0.2, 0.25) is 0 Å². The molecule has 88 valence electrons. The lowest BCUT2D eigenvalue weighted by atomic mass is 10.1. The molecular formula is C10H14NO4P. The fraction of sp³-hybridized carbons (Fsp3) is 0.300. The average Bonchev–Trinajstić information content (AvgIpc) is 2.11. The van der Waals surface area contributed by atoms with Crippen LogP contribution in [0.3, 0.4) is 0 Å². The largest absolute Gasteiger partial charge is 0.344 e. The summed E-state index contributed by atoms with van der Waals surface area (Å²) in [5.74, 6) is -0.477. The molecule has 0 fully saturated rings. The van der Waals surface area contributed by atoms with E-state index < -0.39 is 19.8 Å². The number of hydrogen-bond donors (Lipinski definition) is 3. The Hall–Kier alpha value is -1.16. The van der Waals surface area contributed by atoms with Crippen molar-refractivity contribution in [3.05, 3.63) is 34.9 Å². The third kappa shape index (κ3) is 4.14. The van der Waals surface area contributed by atoms with Crippen LogP contribution in [0.5, 0.6) is 0 Å². The summed E-state index contributed by atoms with van der Waals surface area (Å²) >= 11 is 0. The molecule has 1 aromatic rings. The number of aryl methyl sites for hydroxylation is 2. The summed E-state index contributed by atoms with van der Waals surface area (Å²) in [6.45, 7) is 3.71. The third-order valence-corrected chi connectivity index (χ3v) is 2.50. The topological polar surface area (TPSA) is 86.6 Å². The Bertz CT molecular complexity index is 432. The Morgan fingerprint density at radius 2 is 1.75 bits per heavy atom. The first kappa shape index (κ1) is 12.9. The van der Waals surface area contributed by atoms with E-state index in [-0.39, 0.29) is 0 Å². The van der Waals surface area contributed by atoms with Crippen molar-refractivity contribution in [1.29, 1.82) is 0 Å². The SMILES string of the molecule is Cc1cc(C)cc(C(=O)NCP(=O)(O)O)c1. The number of amides is 1. The van der Waals surface area contributed by atoms with E-state index in [2.05, 4.69) is 5.32 Å². The van der Waals surface area contributed by atoms with Gasteiger partial charge in [-0.2, -0.15) is 0 Å². The second-order valence-electron chi connectivity index (χ2n) is 3.71. The highest BCUT2D eigenvalue weighted by molar-refractivity contribution is 7.51. The molecule has 0 saturated carbocycles. The number of nitrogens with one attached hydrogen (secondary N) is 1. The van der Waals surface area contributed by atoms with E-state index in [0.717, 1.165) is 11.1 Å². The van der Waals surface area contributed by atoms with Crippen LogP contribution in [-0.4, -0.2) is 22.0 Å². The van der Waals surface area contributed by atoms with Crippen molar-refractivity contribution in [3.8, 4) is 0 Å². The minimum atomic E-state index is -4.20. The second-order valence-corrected chi connectivity index (χ2v) is 5.35. The summed E-state index contributed by atoms with van der Waals surface area (Å²) in [5.41, 5.74) is 2.27. The van der Waals surface area contributed by atoms with Crippen LogP contribution in [0, 0.1) is 13.8 Å². The van der Waals surface area contributed by atoms with Crippen molar-refractivity contribution in [2.45, 2.75) is 13.8 Å². The molecule has 0 aliphatic rings. The molecule has 0 saturated heterocycles. The molecule has 3 N–H and O–H groups in total. The van der Waals surface area contributed by atoms with Gasteiger partial charge in [0.2, 0.25) is 0 Å². The van der Waals surface area contributed by atoms with Gasteiger partial charge >= 0.3 is 7.60 Å². The van der Waals surface area contributed by atoms with Gasteiger partial charge in [-0.3, -0.25) is 9.36 Å². The first-order chi connectivity index (χ1) is 7.28. The van der Waals surface area contributed by atoms with Crippen LogP contribution in [0.1, 0.15) is 21.5 Å². The predicted molar refractivity (Wildman–Crippen MR) is 60.3 cm³/mol. The molecule has 1 aromatic carbocycles. The van der Waals surface area contributed by atoms with Crippen molar-refractivity contribution in [1.82, 2.24) is 5.32 Å². The Morgan fingerprint density at radius 3 is 2.19 bits per heavy atom. The molecule has 0 atom stereocenters. The molecular weight excluding hydrogens is 229 g/mol. The highest BCUT2D eigenvalue weighted by Crippen LogP contribution is 2.32. The van der Waals surface area contributed by atoms with E-state index in [1.807, 2.05) is 19.9 Å². The predicted octanol–water partition coefficient (Wildman–Crippen LogP) is 1.17. The summed E-state index contributed by atoms with van der Waals surface area (Å²) in [5, 5.41) is 2.19. The van der Waals surface area contributed by atoms with Crippen molar-refractivity contribution < 1.29 is 19.1 Å². The maximum absolute atomic E-state index is 11.5. The van der Waals surface area contributed by atoms with E-state index in [4.69, 9.17) is 9.79 Å². The van der Waals surface area contributed by atoms with Gasteiger partial charge in [-0.15, -0.1) is 0 Å². The Balaban J connectivity index is 2.77. The molecule has 0 spiro atoms. The van der Waals surface area contributed by atoms with Gasteiger partial charge < -0.3 is 15.1 Å². The van der Waals surface area contributed by atoms with Gasteiger partial charge in [0.1, 0.15) is 6.29 Å². The monoisotopic (exact) mass is 243 g/mol. The number of rotatable bonds is 3. The number of hydrogen-bond acceptors (Lipinski definition) is 2. The molecule has 0 bridgehead atoms. The maximum atomic E-state index is 11.5. The molecule has 1 rings (SSSR count). The Labute approximate surface area is 93.7 Å². The zero-order chi connectivity index (χ0) is 12.3. The van der Waals surface area contributed by atoms with Gasteiger partial charge in [-0.05, 0) is 26.0 Å². The third-order valence-electron chi connectivity index (χ3n) is 1.93. The van der Waals surface area contributed by atoms with Crippen LogP contribution < -0.4 is 5.32 Å². The lowest BCUT2D eigenvalue weighted by Gasteiger charge is -2.07. The van der Waals surface area contributed by atoms with E-state index >= 15 is 0 Å². The zero-order valence-corrected chi connectivity index (χ0v) is 9.99. The summed E-state index contributed by atoms with van der Waals surface area (Å²) < 4.78 is 10.6. The first-order valence-corrected chi connectivity index (χ1v) is 6.49. The second kappa shape index (κ2) is 4.78. The van der Waals surface area contributed by atoms with E-state index in [9.17, 15) is 9.36 Å². The summed E-state index contributed by atoms with van der Waals surface area (Å²) in [6.07, 6.45) is -0.640. The Morgan fingerprint density at radius 1 is 1.25 bits per heavy atom. The van der Waals surface area contributed by atoms with Gasteiger partial charge in [0.15, 0.2) is 0 Å². The summed E-state index contributed by atoms with van der Waals surface area (Å²) in [7, 11) is -4.20. The molecule has 0 aromatic heterocycles. The normalized spacial score (nSPS) is 11.2. The number of carbonyl (C=O) groups excluding carboxylic acids is 1. The van der Waals surface area contributed by atoms with Crippen molar-refractivity contribution in [2.75, 3.05) is 6.29 Å². The Kier molecular flexibility index (Phi) is 3.86. The van der Waals surface area contributed by atoms with Gasteiger partial charge in [0.05, 0.1) is 0 Å². The number of benzene rings is 1. The molecule has 0 aliphatic heterocycles. The van der Waals surface area contributed by atoms with Gasteiger partial charge in [-0.1, -0.05) is 17.2 Å². The first-order valence-electron chi connectivity index (χ1n) is 4.69. The van der Waals surface area contributed by atoms with Crippen LogP contribution in [0.15, 0.2) is 18.2 Å². The van der Waals surface area contributed by atoms with E-state index in [0.29, 0.717) is 5.56 Å². The lowest BCUT2D eigenvalue weighted by molar-refractivity contribution is 0.0957. The summed E-state index contributed by atoms with van der Waals surface area (Å²) in [6, 6.07) is 5.25. The smallest absolute Gasteiger partial charge is 0.340 e. The van der Waals surface area contributed by atoms with Crippen LogP contribution in [0.4, 0.5) is 0 Å². The van der Waals surface area contributed by atoms with Crippen molar-refractivity contribution in [3.63, 3.8) is 0 Å². The molecule has 16 heavy (non-hydrogen) atoms. The van der Waals surface area contributed by atoms with Gasteiger partial charge in [0.25, 0.3) is 5.91 Å². The van der Waals surface area contributed by atoms with Crippen molar-refractivity contribution in [2.24, 2.45) is 0 Å². The zero-order valence-electron chi connectivity index (χ0n) is 9.10. The van der Waals surface area contributed by atoms with Crippen LogP contribution >= 0.6 is 7.60 Å².